The SMILES string of the molecule is COC(=O)N[C@H](C(=O)N1[C@@H](C)CC[C@H]1C(=O)OC1CCc2cc3c(cc2C1=O)OCc1cc(C(=O)COC(=O)[C@@H]2C[C@H](CCO)CN2C(=O)OC(C)(C)C)ccc1-3)C(C)C.COC(=O)N[C@H](C(=O)N1[C@@H](C)CC[C@H]1C1=NC2=C(C1)c1cc3c(cc1CC2)-c1ccc(-c2cnc([C@@H]4C[C@H](CCO)CN4C(=O)OC(C)(C)C)[nH]2)cc1CO3)C(C)C. The first kappa shape index (κ1) is 85.2. The summed E-state index contributed by atoms with van der Waals surface area (Å²) in [7, 11) is 2.52. The number of aliphatic hydroxyl groups is 2. The number of nitrogens with one attached hydrogen (secondary N) is 3. The Hall–Kier alpha value is -10.7. The molecule has 1 unspecified atom stereocenters. The first-order valence-corrected chi connectivity index (χ1v) is 41.3. The van der Waals surface area contributed by atoms with E-state index in [9.17, 15) is 58.2 Å². The van der Waals surface area contributed by atoms with E-state index in [0.29, 0.717) is 80.8 Å². The van der Waals surface area contributed by atoms with Gasteiger partial charge in [-0.05, 0) is 243 Å². The van der Waals surface area contributed by atoms with E-state index in [1.54, 1.807) is 63.8 Å². The number of hydrogen-bond donors (Lipinski definition) is 5. The number of aliphatic imine (C=N–C) groups is 1. The number of methoxy groups -OCH3 is 2. The van der Waals surface area contributed by atoms with Crippen LogP contribution in [-0.2, 0) is 73.7 Å². The number of allylic oxidation sites excluding steroid dienone is 2. The summed E-state index contributed by atoms with van der Waals surface area (Å²) in [6.45, 7) is 22.8. The molecule has 9 aliphatic rings. The van der Waals surface area contributed by atoms with Gasteiger partial charge in [-0.25, -0.2) is 33.8 Å². The quantitative estimate of drug-likeness (QED) is 0.0291. The highest BCUT2D eigenvalue weighted by Crippen LogP contribution is 2.49. The predicted molar refractivity (Wildman–Crippen MR) is 434 cm³/mol. The summed E-state index contributed by atoms with van der Waals surface area (Å²) in [4.78, 5) is 152. The van der Waals surface area contributed by atoms with Gasteiger partial charge < -0.3 is 73.5 Å². The minimum Gasteiger partial charge on any atom is -0.488 e. The van der Waals surface area contributed by atoms with Gasteiger partial charge in [0.1, 0.15) is 65.9 Å². The zero-order valence-electron chi connectivity index (χ0n) is 69.9. The number of aryl methyl sites for hydroxylation is 2. The highest BCUT2D eigenvalue weighted by Gasteiger charge is 2.49. The Labute approximate surface area is 687 Å². The number of imidazole rings is 1. The number of likely N-dealkylation sites (tertiary alicyclic amines) is 4. The van der Waals surface area contributed by atoms with Crippen molar-refractivity contribution in [1.82, 2.24) is 40.2 Å². The lowest BCUT2D eigenvalue weighted by Gasteiger charge is -2.34. The van der Waals surface area contributed by atoms with Gasteiger partial charge in [0, 0.05) is 78.5 Å². The number of Topliss-reactive ketones (excluding diaryl/α,β-unsaturated/α-hetero) is 2. The van der Waals surface area contributed by atoms with Crippen molar-refractivity contribution < 1.29 is 96.1 Å². The highest BCUT2D eigenvalue weighted by molar-refractivity contribution is 6.07. The number of ketones is 2. The number of H-pyrrole nitrogens is 1. The Bertz CT molecular complexity index is 4820. The van der Waals surface area contributed by atoms with Crippen molar-refractivity contribution in [2.45, 2.75) is 245 Å². The Morgan fingerprint density at radius 3 is 1.79 bits per heavy atom. The maximum atomic E-state index is 14.0. The van der Waals surface area contributed by atoms with E-state index in [2.05, 4.69) is 52.9 Å². The fourth-order valence-electron chi connectivity index (χ4n) is 17.9. The van der Waals surface area contributed by atoms with E-state index in [0.717, 1.165) is 93.0 Å². The molecule has 6 amide bonds. The van der Waals surface area contributed by atoms with Gasteiger partial charge in [-0.3, -0.25) is 34.0 Å². The first-order valence-electron chi connectivity index (χ1n) is 41.3. The summed E-state index contributed by atoms with van der Waals surface area (Å²) >= 11 is 0. The maximum absolute atomic E-state index is 14.0. The van der Waals surface area contributed by atoms with Crippen molar-refractivity contribution in [3.8, 4) is 45.0 Å². The number of ether oxygens (including phenoxy) is 8. The number of carbonyl (C=O) groups excluding carboxylic acids is 10. The molecule has 4 saturated heterocycles. The Morgan fingerprint density at radius 2 is 1.17 bits per heavy atom. The lowest BCUT2D eigenvalue weighted by atomic mass is 9.83. The molecule has 118 heavy (non-hydrogen) atoms. The molecule has 5 aromatic rings. The van der Waals surface area contributed by atoms with Gasteiger partial charge in [-0.2, -0.15) is 0 Å². The number of fused-ring (bicyclic) bond motifs is 9. The van der Waals surface area contributed by atoms with Crippen molar-refractivity contribution in [2.24, 2.45) is 28.7 Å². The molecule has 29 heteroatoms. The lowest BCUT2D eigenvalue weighted by molar-refractivity contribution is -0.158. The molecule has 2 aliphatic carbocycles. The van der Waals surface area contributed by atoms with Gasteiger partial charge in [0.25, 0.3) is 0 Å². The van der Waals surface area contributed by atoms with Crippen LogP contribution in [-0.4, -0.2) is 212 Å². The molecule has 4 aromatic carbocycles. The Balaban J connectivity index is 0.000000205. The minimum absolute atomic E-state index is 0.0362. The summed E-state index contributed by atoms with van der Waals surface area (Å²) < 4.78 is 44.6. The van der Waals surface area contributed by atoms with E-state index in [1.165, 1.54) is 40.7 Å². The maximum Gasteiger partial charge on any atom is 0.411 e. The van der Waals surface area contributed by atoms with Crippen molar-refractivity contribution in [3.63, 3.8) is 0 Å². The molecule has 0 spiro atoms. The van der Waals surface area contributed by atoms with Crippen LogP contribution in [0.15, 0.2) is 77.5 Å². The zero-order chi connectivity index (χ0) is 84.7. The van der Waals surface area contributed by atoms with E-state index in [1.807, 2.05) is 58.7 Å². The van der Waals surface area contributed by atoms with E-state index in [4.69, 9.17) is 47.9 Å². The van der Waals surface area contributed by atoms with E-state index < -0.39 is 90.0 Å². The number of esters is 2. The van der Waals surface area contributed by atoms with Crippen molar-refractivity contribution >= 4 is 71.0 Å². The number of aromatic amines is 1. The number of hydrogen-bond acceptors (Lipinski definition) is 22. The number of aromatic nitrogens is 2. The molecule has 14 rings (SSSR count). The predicted octanol–water partition coefficient (Wildman–Crippen LogP) is 12.4. The topological polar surface area (TPSA) is 363 Å². The van der Waals surface area contributed by atoms with Crippen LogP contribution in [0, 0.1) is 23.7 Å². The summed E-state index contributed by atoms with van der Waals surface area (Å²) in [6.07, 6.45) is 6.04. The smallest absolute Gasteiger partial charge is 0.411 e. The third-order valence-corrected chi connectivity index (χ3v) is 24.0. The highest BCUT2D eigenvalue weighted by atomic mass is 16.6. The van der Waals surface area contributed by atoms with Gasteiger partial charge >= 0.3 is 36.3 Å². The second kappa shape index (κ2) is 35.1. The third-order valence-electron chi connectivity index (χ3n) is 24.0. The number of nitrogens with zero attached hydrogens (tertiary/aromatic N) is 6. The molecular weight excluding hydrogens is 1520 g/mol. The van der Waals surface area contributed by atoms with Gasteiger partial charge in [-0.15, -0.1) is 0 Å². The molecule has 0 saturated carbocycles. The van der Waals surface area contributed by atoms with Crippen molar-refractivity contribution in [3.05, 3.63) is 117 Å². The Kier molecular flexibility index (Phi) is 25.3. The van der Waals surface area contributed by atoms with Crippen LogP contribution in [0.2, 0.25) is 0 Å². The summed E-state index contributed by atoms with van der Waals surface area (Å²) in [5.74, 6) is -1.06. The molecule has 5 N–H and O–H groups in total. The third kappa shape index (κ3) is 18.1. The second-order valence-electron chi connectivity index (χ2n) is 35.2. The van der Waals surface area contributed by atoms with Crippen LogP contribution in [0.3, 0.4) is 0 Å². The molecule has 7 aliphatic heterocycles. The second-order valence-corrected chi connectivity index (χ2v) is 35.2. The fourth-order valence-corrected chi connectivity index (χ4v) is 17.9. The number of benzene rings is 4. The van der Waals surface area contributed by atoms with Gasteiger partial charge in [0.05, 0.1) is 38.2 Å². The number of rotatable bonds is 19. The normalized spacial score (nSPS) is 22.6. The van der Waals surface area contributed by atoms with Crippen LogP contribution in [0.5, 0.6) is 11.5 Å². The van der Waals surface area contributed by atoms with Crippen molar-refractivity contribution in [2.75, 3.05) is 47.1 Å². The zero-order valence-corrected chi connectivity index (χ0v) is 69.9. The monoisotopic (exact) mass is 1630 g/mol. The van der Waals surface area contributed by atoms with Crippen LogP contribution < -0.4 is 20.1 Å². The average Bonchev–Trinajstić information content (AvgIpc) is 1.47. The molecule has 29 nitrogen and oxygen atoms in total. The minimum atomic E-state index is -1.06. The van der Waals surface area contributed by atoms with E-state index >= 15 is 0 Å². The number of amides is 6. The fraction of sp³-hybridized carbons (Fsp3) is 0.551. The average molecular weight is 1630 g/mol. The standard InChI is InChI=1S/C45H56N6O7.C44H55N3O13/c1-24(2)40(49-43(54)56-7)42(53)51-25(3)8-13-37(51)35-19-32-31-20-39-33(18-27(31)10-12-34(32)47-35)30-11-9-28(17-29(30)23-57-39)36-21-46-41(48-36)38-16-26(14-15-52)22-50(38)44(55)58-45(4,5)6;1-23(2)37(45-42(54)56-7)39(51)47-24(3)8-12-32(47)41(53)59-35-13-10-26-18-31-29-11-9-27(17-28(29)21-57-36(31)19-30(26)38(35)50)34(49)22-58-40(52)33-16-25(14-15-48)20-46(33)43(55)60-44(4,5)6/h9,11,17-18,20-21,24-26,37-38,40,52H,8,10,12-16,19,22-23H2,1-7H3,(H,46,48)(H,49,54);9,11,17-19,23-25,32-33,35,37,48H,8,10,12-16,20-22H2,1-7H3,(H,45,54)/t25-,26-,37-,38-,40-;24-,25-,32-,33-,35?,37-/m00/s1. The molecule has 0 radical (unpaired) electrons. The molecule has 4 fully saturated rings. The molecule has 8 heterocycles. The summed E-state index contributed by atoms with van der Waals surface area (Å²) in [5, 5.41) is 24.4. The van der Waals surface area contributed by atoms with Crippen LogP contribution in [0.4, 0.5) is 19.2 Å². The molecule has 632 valence electrons. The molecule has 1 aromatic heterocycles. The number of alkyl carbamates (subject to hydrolysis) is 2. The Morgan fingerprint density at radius 1 is 0.602 bits per heavy atom. The number of aliphatic hydroxyl groups excluding tert-OH is 2. The van der Waals surface area contributed by atoms with Crippen molar-refractivity contribution in [1.29, 1.82) is 0 Å². The largest absolute Gasteiger partial charge is 0.488 e. The van der Waals surface area contributed by atoms with Crippen LogP contribution >= 0.6 is 0 Å². The molecule has 11 atom stereocenters. The first-order chi connectivity index (χ1) is 56.1. The summed E-state index contributed by atoms with van der Waals surface area (Å²) in [6, 6.07) is 15.4. The van der Waals surface area contributed by atoms with Gasteiger partial charge in [0.15, 0.2) is 18.5 Å². The van der Waals surface area contributed by atoms with Gasteiger partial charge in [0.2, 0.25) is 17.6 Å². The van der Waals surface area contributed by atoms with E-state index in [-0.39, 0.29) is 105 Å². The summed E-state index contributed by atoms with van der Waals surface area (Å²) in [5.41, 5.74) is 13.2. The molecule has 0 bridgehead atoms. The lowest BCUT2D eigenvalue weighted by Crippen LogP contribution is -2.56. The van der Waals surface area contributed by atoms with Crippen LogP contribution in [0.25, 0.3) is 39.1 Å². The van der Waals surface area contributed by atoms with Crippen LogP contribution in [0.1, 0.15) is 214 Å². The molecular formula is C89H111N9O20. The van der Waals surface area contributed by atoms with Gasteiger partial charge in [-0.1, -0.05) is 52.0 Å². The number of carbonyl (C=O) groups is 10.